The second kappa shape index (κ2) is 9.11. The van der Waals surface area contributed by atoms with Gasteiger partial charge in [-0.25, -0.2) is 4.98 Å². The summed E-state index contributed by atoms with van der Waals surface area (Å²) in [6.07, 6.45) is 2.53. The number of carbonyl (C=O) groups excluding carboxylic acids is 1. The van der Waals surface area contributed by atoms with Gasteiger partial charge >= 0.3 is 0 Å². The summed E-state index contributed by atoms with van der Waals surface area (Å²) in [5.74, 6) is 1.23. The maximum absolute atomic E-state index is 12.5. The van der Waals surface area contributed by atoms with E-state index in [2.05, 4.69) is 10.3 Å². The molecule has 4 aromatic rings. The Morgan fingerprint density at radius 3 is 2.27 bits per heavy atom. The number of aryl methyl sites for hydroxylation is 1. The lowest BCUT2D eigenvalue weighted by molar-refractivity contribution is 0.102. The number of halogens is 1. The fourth-order valence-corrected chi connectivity index (χ4v) is 3.80. The van der Waals surface area contributed by atoms with Crippen LogP contribution in [0.5, 0.6) is 11.5 Å². The molecule has 150 valence electrons. The van der Waals surface area contributed by atoms with Gasteiger partial charge in [0.25, 0.3) is 5.91 Å². The van der Waals surface area contributed by atoms with Crippen molar-refractivity contribution < 1.29 is 9.53 Å². The zero-order valence-electron chi connectivity index (χ0n) is 16.3. The lowest BCUT2D eigenvalue weighted by atomic mass is 10.1. The second-order valence-electron chi connectivity index (χ2n) is 6.83. The first-order valence-electron chi connectivity index (χ1n) is 9.40. The Morgan fingerprint density at radius 1 is 0.967 bits per heavy atom. The van der Waals surface area contributed by atoms with Gasteiger partial charge in [-0.15, -0.1) is 11.3 Å². The van der Waals surface area contributed by atoms with Crippen molar-refractivity contribution in [1.29, 1.82) is 0 Å². The maximum Gasteiger partial charge on any atom is 0.257 e. The van der Waals surface area contributed by atoms with E-state index in [0.29, 0.717) is 21.5 Å². The molecule has 1 aromatic heterocycles. The Labute approximate surface area is 184 Å². The number of nitrogens with zero attached hydrogens (tertiary/aromatic N) is 1. The van der Waals surface area contributed by atoms with E-state index >= 15 is 0 Å². The molecule has 6 heteroatoms. The summed E-state index contributed by atoms with van der Waals surface area (Å²) < 4.78 is 5.80. The third-order valence-electron chi connectivity index (χ3n) is 4.44. The Balaban J connectivity index is 1.36. The topological polar surface area (TPSA) is 51.2 Å². The number of nitrogens with one attached hydrogen (secondary N) is 1. The molecule has 4 rings (SSSR count). The van der Waals surface area contributed by atoms with Gasteiger partial charge in [-0.1, -0.05) is 41.4 Å². The highest BCUT2D eigenvalue weighted by Gasteiger charge is 2.10. The highest BCUT2D eigenvalue weighted by Crippen LogP contribution is 2.24. The number of anilines is 1. The molecule has 3 aromatic carbocycles. The first-order valence-corrected chi connectivity index (χ1v) is 10.6. The Morgan fingerprint density at radius 2 is 1.60 bits per heavy atom. The number of hydrogen-bond acceptors (Lipinski definition) is 4. The van der Waals surface area contributed by atoms with Gasteiger partial charge in [0, 0.05) is 28.1 Å². The number of rotatable bonds is 6. The molecule has 0 saturated carbocycles. The van der Waals surface area contributed by atoms with E-state index in [9.17, 15) is 4.79 Å². The van der Waals surface area contributed by atoms with Crippen molar-refractivity contribution in [3.63, 3.8) is 0 Å². The first-order chi connectivity index (χ1) is 14.5. The van der Waals surface area contributed by atoms with Crippen molar-refractivity contribution in [2.24, 2.45) is 0 Å². The van der Waals surface area contributed by atoms with E-state index in [0.717, 1.165) is 22.6 Å². The normalized spacial score (nSPS) is 10.6. The van der Waals surface area contributed by atoms with E-state index in [1.165, 1.54) is 16.9 Å². The van der Waals surface area contributed by atoms with Gasteiger partial charge in [-0.3, -0.25) is 10.1 Å². The Hall–Kier alpha value is -3.15. The molecular weight excluding hydrogens is 416 g/mol. The van der Waals surface area contributed by atoms with Crippen LogP contribution in [0.4, 0.5) is 5.13 Å². The summed E-state index contributed by atoms with van der Waals surface area (Å²) >= 11 is 7.39. The SMILES string of the molecule is Cc1ccc(Oc2ccc(C(=O)Nc3ncc(Cc4ccc(Cl)cc4)s3)cc2)cc1. The molecule has 1 heterocycles. The zero-order chi connectivity index (χ0) is 20.9. The maximum atomic E-state index is 12.5. The number of amides is 1. The van der Waals surface area contributed by atoms with Gasteiger partial charge in [-0.05, 0) is 61.0 Å². The van der Waals surface area contributed by atoms with Crippen LogP contribution in [-0.4, -0.2) is 10.9 Å². The summed E-state index contributed by atoms with van der Waals surface area (Å²) in [5, 5.41) is 4.14. The van der Waals surface area contributed by atoms with Crippen molar-refractivity contribution in [1.82, 2.24) is 4.98 Å². The fraction of sp³-hybridized carbons (Fsp3) is 0.0833. The van der Waals surface area contributed by atoms with Crippen LogP contribution in [0.3, 0.4) is 0 Å². The minimum atomic E-state index is -0.204. The van der Waals surface area contributed by atoms with Crippen LogP contribution in [0, 0.1) is 6.92 Å². The molecule has 0 atom stereocenters. The minimum absolute atomic E-state index is 0.204. The lowest BCUT2D eigenvalue weighted by Crippen LogP contribution is -2.11. The zero-order valence-corrected chi connectivity index (χ0v) is 17.8. The van der Waals surface area contributed by atoms with Gasteiger partial charge in [-0.2, -0.15) is 0 Å². The summed E-state index contributed by atoms with van der Waals surface area (Å²) in [7, 11) is 0. The molecule has 0 spiro atoms. The summed E-state index contributed by atoms with van der Waals surface area (Å²) in [5.41, 5.74) is 2.86. The number of ether oxygens (including phenoxy) is 1. The van der Waals surface area contributed by atoms with Crippen LogP contribution >= 0.6 is 22.9 Å². The first kappa shape index (κ1) is 20.1. The molecule has 0 fully saturated rings. The van der Waals surface area contributed by atoms with Crippen LogP contribution < -0.4 is 10.1 Å². The van der Waals surface area contributed by atoms with E-state index < -0.39 is 0 Å². The van der Waals surface area contributed by atoms with Gasteiger partial charge in [0.1, 0.15) is 11.5 Å². The van der Waals surface area contributed by atoms with Crippen molar-refractivity contribution in [3.8, 4) is 11.5 Å². The predicted octanol–water partition coefficient (Wildman–Crippen LogP) is 6.74. The number of carbonyl (C=O) groups is 1. The van der Waals surface area contributed by atoms with Gasteiger partial charge in [0.05, 0.1) is 0 Å². The number of hydrogen-bond donors (Lipinski definition) is 1. The molecule has 30 heavy (non-hydrogen) atoms. The van der Waals surface area contributed by atoms with Gasteiger partial charge < -0.3 is 4.74 Å². The molecule has 0 aliphatic carbocycles. The molecule has 0 bridgehead atoms. The van der Waals surface area contributed by atoms with E-state index in [4.69, 9.17) is 16.3 Å². The molecule has 0 saturated heterocycles. The number of benzene rings is 3. The summed E-state index contributed by atoms with van der Waals surface area (Å²) in [4.78, 5) is 17.9. The standard InChI is InChI=1S/C24H19ClN2O2S/c1-16-2-10-20(11-3-16)29-21-12-6-18(7-13-21)23(28)27-24-26-15-22(30-24)14-17-4-8-19(25)9-5-17/h2-13,15H,14H2,1H3,(H,26,27,28). The van der Waals surface area contributed by atoms with Crippen LogP contribution in [-0.2, 0) is 6.42 Å². The molecule has 0 radical (unpaired) electrons. The monoisotopic (exact) mass is 434 g/mol. The lowest BCUT2D eigenvalue weighted by Gasteiger charge is -2.07. The largest absolute Gasteiger partial charge is 0.457 e. The van der Waals surface area contributed by atoms with E-state index in [1.54, 1.807) is 30.5 Å². The predicted molar refractivity (Wildman–Crippen MR) is 122 cm³/mol. The second-order valence-corrected chi connectivity index (χ2v) is 8.38. The minimum Gasteiger partial charge on any atom is -0.457 e. The third-order valence-corrected chi connectivity index (χ3v) is 5.60. The molecule has 1 N–H and O–H groups in total. The van der Waals surface area contributed by atoms with Crippen LogP contribution in [0.1, 0.15) is 26.4 Å². The third kappa shape index (κ3) is 5.26. The Kier molecular flexibility index (Phi) is 6.12. The molecule has 4 nitrogen and oxygen atoms in total. The highest BCUT2D eigenvalue weighted by molar-refractivity contribution is 7.15. The van der Waals surface area contributed by atoms with Crippen molar-refractivity contribution in [2.75, 3.05) is 5.32 Å². The highest BCUT2D eigenvalue weighted by atomic mass is 35.5. The fourth-order valence-electron chi connectivity index (χ4n) is 2.84. The van der Waals surface area contributed by atoms with Crippen LogP contribution in [0.2, 0.25) is 5.02 Å². The number of aromatic nitrogens is 1. The molecule has 1 amide bonds. The Bertz CT molecular complexity index is 1140. The average Bonchev–Trinajstić information content (AvgIpc) is 3.18. The van der Waals surface area contributed by atoms with Crippen LogP contribution in [0.15, 0.2) is 79.0 Å². The number of thiazole rings is 1. The smallest absolute Gasteiger partial charge is 0.257 e. The van der Waals surface area contributed by atoms with Crippen molar-refractivity contribution in [3.05, 3.63) is 106 Å². The van der Waals surface area contributed by atoms with Gasteiger partial charge in [0.15, 0.2) is 5.13 Å². The van der Waals surface area contributed by atoms with E-state index in [1.807, 2.05) is 55.5 Å². The average molecular weight is 435 g/mol. The van der Waals surface area contributed by atoms with Gasteiger partial charge in [0.2, 0.25) is 0 Å². The molecule has 0 unspecified atom stereocenters. The molecule has 0 aliphatic rings. The summed E-state index contributed by atoms with van der Waals surface area (Å²) in [6, 6.07) is 22.6. The van der Waals surface area contributed by atoms with Crippen LogP contribution in [0.25, 0.3) is 0 Å². The molecule has 0 aliphatic heterocycles. The van der Waals surface area contributed by atoms with Crippen molar-refractivity contribution in [2.45, 2.75) is 13.3 Å². The molecular formula is C24H19ClN2O2S. The quantitative estimate of drug-likeness (QED) is 0.365. The summed E-state index contributed by atoms with van der Waals surface area (Å²) in [6.45, 7) is 2.03. The van der Waals surface area contributed by atoms with Crippen molar-refractivity contribution >= 4 is 34.0 Å². The van der Waals surface area contributed by atoms with E-state index in [-0.39, 0.29) is 5.91 Å².